The Morgan fingerprint density at radius 2 is 2.10 bits per heavy atom. The molecule has 0 spiro atoms. The van der Waals surface area contributed by atoms with Crippen molar-refractivity contribution < 1.29 is 4.79 Å². The number of hydrogen-bond donors (Lipinski definition) is 3. The third kappa shape index (κ3) is 3.68. The van der Waals surface area contributed by atoms with E-state index < -0.39 is 6.04 Å². The number of H-pyrrole nitrogens is 1. The number of aromatic nitrogens is 2. The Morgan fingerprint density at radius 1 is 1.35 bits per heavy atom. The summed E-state index contributed by atoms with van der Waals surface area (Å²) in [4.78, 5) is 11.9. The zero-order valence-corrected chi connectivity index (χ0v) is 11.6. The van der Waals surface area contributed by atoms with E-state index in [4.69, 9.17) is 5.73 Å². The molecule has 0 aliphatic rings. The number of nitrogens with zero attached hydrogens (tertiary/aromatic N) is 1. The Balaban J connectivity index is 1.95. The molecule has 2 rings (SSSR count). The molecule has 0 aliphatic carbocycles. The molecule has 1 atom stereocenters. The van der Waals surface area contributed by atoms with Crippen LogP contribution >= 0.6 is 0 Å². The first-order valence-electron chi connectivity index (χ1n) is 6.87. The number of carbonyl (C=O) groups excluding carboxylic acids is 1. The van der Waals surface area contributed by atoms with Crippen LogP contribution in [-0.4, -0.2) is 22.1 Å². The number of aromatic amines is 1. The van der Waals surface area contributed by atoms with Crippen LogP contribution in [0.2, 0.25) is 0 Å². The number of nitrogens with one attached hydrogen (secondary N) is 2. The van der Waals surface area contributed by atoms with Gasteiger partial charge in [0.05, 0.1) is 11.7 Å². The van der Waals surface area contributed by atoms with E-state index in [0.717, 1.165) is 29.8 Å². The Kier molecular flexibility index (Phi) is 4.90. The largest absolute Gasteiger partial charge is 0.325 e. The molecule has 0 unspecified atom stereocenters. The maximum Gasteiger partial charge on any atom is 0.241 e. The summed E-state index contributed by atoms with van der Waals surface area (Å²) in [5.74, 6) is -0.132. The zero-order chi connectivity index (χ0) is 14.4. The molecule has 0 radical (unpaired) electrons. The van der Waals surface area contributed by atoms with Gasteiger partial charge in [0.2, 0.25) is 5.91 Å². The van der Waals surface area contributed by atoms with Gasteiger partial charge in [-0.2, -0.15) is 5.10 Å². The molecule has 5 heteroatoms. The predicted molar refractivity (Wildman–Crippen MR) is 80.2 cm³/mol. The topological polar surface area (TPSA) is 83.8 Å². The molecule has 0 saturated carbocycles. The molecule has 0 fully saturated rings. The van der Waals surface area contributed by atoms with Crippen molar-refractivity contribution >= 4 is 11.6 Å². The van der Waals surface area contributed by atoms with E-state index in [1.54, 1.807) is 6.20 Å². The quantitative estimate of drug-likeness (QED) is 0.755. The molecule has 4 N–H and O–H groups in total. The number of hydrogen-bond acceptors (Lipinski definition) is 3. The molecule has 5 nitrogen and oxygen atoms in total. The summed E-state index contributed by atoms with van der Waals surface area (Å²) in [6.45, 7) is 2.08. The molecule has 1 aromatic carbocycles. The van der Waals surface area contributed by atoms with Crippen LogP contribution < -0.4 is 11.1 Å². The predicted octanol–water partition coefficient (Wildman–Crippen LogP) is 2.53. The van der Waals surface area contributed by atoms with Gasteiger partial charge in [-0.05, 0) is 30.2 Å². The summed E-state index contributed by atoms with van der Waals surface area (Å²) < 4.78 is 0. The van der Waals surface area contributed by atoms with E-state index in [1.807, 2.05) is 30.3 Å². The summed E-state index contributed by atoms with van der Waals surface area (Å²) in [5, 5.41) is 9.64. The number of amides is 1. The van der Waals surface area contributed by atoms with Crippen LogP contribution in [0.3, 0.4) is 0 Å². The van der Waals surface area contributed by atoms with Crippen molar-refractivity contribution in [3.8, 4) is 11.3 Å². The zero-order valence-electron chi connectivity index (χ0n) is 11.6. The second kappa shape index (κ2) is 6.86. The van der Waals surface area contributed by atoms with Gasteiger partial charge in [-0.15, -0.1) is 0 Å². The van der Waals surface area contributed by atoms with Crippen LogP contribution in [0.25, 0.3) is 11.3 Å². The average molecular weight is 272 g/mol. The first kappa shape index (κ1) is 14.3. The lowest BCUT2D eigenvalue weighted by Crippen LogP contribution is -2.35. The van der Waals surface area contributed by atoms with E-state index in [0.29, 0.717) is 6.42 Å². The molecule has 106 valence electrons. The number of unbranched alkanes of at least 4 members (excludes halogenated alkanes) is 1. The standard InChI is InChI=1S/C15H20N4O/c1-2-3-4-13(16)15(20)18-12-7-5-11(6-8-12)14-9-10-17-19-14/h5-10,13H,2-4,16H2,1H3,(H,17,19)(H,18,20)/t13-/m0/s1. The molecule has 0 bridgehead atoms. The number of nitrogens with two attached hydrogens (primary N) is 1. The van der Waals surface area contributed by atoms with Crippen LogP contribution in [0.4, 0.5) is 5.69 Å². The van der Waals surface area contributed by atoms with Gasteiger partial charge in [0.15, 0.2) is 0 Å². The molecule has 0 aliphatic heterocycles. The maximum atomic E-state index is 11.9. The fourth-order valence-corrected chi connectivity index (χ4v) is 1.94. The lowest BCUT2D eigenvalue weighted by atomic mass is 10.1. The maximum absolute atomic E-state index is 11.9. The summed E-state index contributed by atoms with van der Waals surface area (Å²) in [5.41, 5.74) is 8.56. The normalized spacial score (nSPS) is 12.1. The van der Waals surface area contributed by atoms with Crippen molar-refractivity contribution in [2.45, 2.75) is 32.2 Å². The van der Waals surface area contributed by atoms with Gasteiger partial charge in [-0.25, -0.2) is 0 Å². The highest BCUT2D eigenvalue weighted by Crippen LogP contribution is 2.19. The van der Waals surface area contributed by atoms with Crippen molar-refractivity contribution in [2.24, 2.45) is 5.73 Å². The summed E-state index contributed by atoms with van der Waals surface area (Å²) >= 11 is 0. The van der Waals surface area contributed by atoms with Crippen LogP contribution in [0.5, 0.6) is 0 Å². The molecule has 1 aromatic heterocycles. The minimum Gasteiger partial charge on any atom is -0.325 e. The van der Waals surface area contributed by atoms with Gasteiger partial charge in [0, 0.05) is 11.9 Å². The number of anilines is 1. The van der Waals surface area contributed by atoms with Crippen molar-refractivity contribution in [3.63, 3.8) is 0 Å². The van der Waals surface area contributed by atoms with Crippen molar-refractivity contribution in [2.75, 3.05) is 5.32 Å². The Labute approximate surface area is 118 Å². The van der Waals surface area contributed by atoms with Crippen molar-refractivity contribution in [1.82, 2.24) is 10.2 Å². The second-order valence-electron chi connectivity index (χ2n) is 4.79. The Hall–Kier alpha value is -2.14. The fourth-order valence-electron chi connectivity index (χ4n) is 1.94. The van der Waals surface area contributed by atoms with Crippen molar-refractivity contribution in [1.29, 1.82) is 0 Å². The summed E-state index contributed by atoms with van der Waals surface area (Å²) in [6, 6.07) is 9.04. The molecular formula is C15H20N4O. The molecular weight excluding hydrogens is 252 g/mol. The number of carbonyl (C=O) groups is 1. The monoisotopic (exact) mass is 272 g/mol. The third-order valence-corrected chi connectivity index (χ3v) is 3.17. The summed E-state index contributed by atoms with van der Waals surface area (Å²) in [6.07, 6.45) is 4.43. The number of benzene rings is 1. The van der Waals surface area contributed by atoms with Gasteiger partial charge in [0.25, 0.3) is 0 Å². The SMILES string of the molecule is CCCC[C@H](N)C(=O)Nc1ccc(-c2ccn[nH]2)cc1. The van der Waals surface area contributed by atoms with Crippen LogP contribution in [0.15, 0.2) is 36.5 Å². The second-order valence-corrected chi connectivity index (χ2v) is 4.79. The molecule has 2 aromatic rings. The average Bonchev–Trinajstić information content (AvgIpc) is 2.99. The minimum absolute atomic E-state index is 0.132. The van der Waals surface area contributed by atoms with Crippen LogP contribution in [0, 0.1) is 0 Å². The first-order valence-corrected chi connectivity index (χ1v) is 6.87. The van der Waals surface area contributed by atoms with E-state index in [1.165, 1.54) is 0 Å². The van der Waals surface area contributed by atoms with E-state index in [2.05, 4.69) is 22.4 Å². The fraction of sp³-hybridized carbons (Fsp3) is 0.333. The van der Waals surface area contributed by atoms with E-state index in [9.17, 15) is 4.79 Å². The molecule has 0 saturated heterocycles. The first-order chi connectivity index (χ1) is 9.70. The lowest BCUT2D eigenvalue weighted by Gasteiger charge is -2.12. The molecule has 20 heavy (non-hydrogen) atoms. The highest BCUT2D eigenvalue weighted by molar-refractivity contribution is 5.94. The minimum atomic E-state index is -0.442. The number of rotatable bonds is 6. The molecule has 1 amide bonds. The summed E-state index contributed by atoms with van der Waals surface area (Å²) in [7, 11) is 0. The van der Waals surface area contributed by atoms with E-state index >= 15 is 0 Å². The highest BCUT2D eigenvalue weighted by atomic mass is 16.2. The smallest absolute Gasteiger partial charge is 0.241 e. The van der Waals surface area contributed by atoms with Gasteiger partial charge >= 0.3 is 0 Å². The molecule has 1 heterocycles. The van der Waals surface area contributed by atoms with Crippen LogP contribution in [-0.2, 0) is 4.79 Å². The van der Waals surface area contributed by atoms with E-state index in [-0.39, 0.29) is 5.91 Å². The van der Waals surface area contributed by atoms with Gasteiger partial charge in [-0.1, -0.05) is 31.9 Å². The lowest BCUT2D eigenvalue weighted by molar-refractivity contribution is -0.117. The Bertz CT molecular complexity index is 534. The van der Waals surface area contributed by atoms with Crippen molar-refractivity contribution in [3.05, 3.63) is 36.5 Å². The van der Waals surface area contributed by atoms with Gasteiger partial charge in [-0.3, -0.25) is 9.89 Å². The highest BCUT2D eigenvalue weighted by Gasteiger charge is 2.12. The van der Waals surface area contributed by atoms with Gasteiger partial charge < -0.3 is 11.1 Å². The van der Waals surface area contributed by atoms with Gasteiger partial charge in [0.1, 0.15) is 0 Å². The third-order valence-electron chi connectivity index (χ3n) is 3.17. The van der Waals surface area contributed by atoms with Crippen LogP contribution in [0.1, 0.15) is 26.2 Å². The Morgan fingerprint density at radius 3 is 2.70 bits per heavy atom.